The first-order valence-electron chi connectivity index (χ1n) is 14.2. The van der Waals surface area contributed by atoms with Crippen molar-refractivity contribution < 1.29 is 14.3 Å². The molecule has 0 unspecified atom stereocenters. The van der Waals surface area contributed by atoms with Gasteiger partial charge in [-0.1, -0.05) is 25.3 Å². The summed E-state index contributed by atoms with van der Waals surface area (Å²) >= 11 is 0. The topological polar surface area (TPSA) is 120 Å². The molecule has 0 radical (unpaired) electrons. The molecule has 8 nitrogen and oxygen atoms in total. The number of benzene rings is 2. The van der Waals surface area contributed by atoms with Gasteiger partial charge < -0.3 is 15.4 Å². The van der Waals surface area contributed by atoms with Gasteiger partial charge in [0.1, 0.15) is 17.3 Å². The average Bonchev–Trinajstić information content (AvgIpc) is 3.61. The number of hydrogen-bond acceptors (Lipinski definition) is 5. The number of fused-ring (bicyclic) bond motifs is 2. The number of nitrogens with one attached hydrogen (secondary N) is 3. The van der Waals surface area contributed by atoms with E-state index in [1.807, 2.05) is 30.3 Å². The van der Waals surface area contributed by atoms with Gasteiger partial charge in [-0.3, -0.25) is 19.9 Å². The average molecular weight is 561 g/mol. The molecular weight excluding hydrogens is 531 g/mol. The number of amides is 1. The summed E-state index contributed by atoms with van der Waals surface area (Å²) in [5.41, 5.74) is 6.85. The molecule has 1 aliphatic rings. The number of halogens is 1. The van der Waals surface area contributed by atoms with Crippen molar-refractivity contribution in [3.63, 3.8) is 0 Å². The number of phenolic OH excluding ortho intramolecular Hbond substituents is 1. The number of aromatic nitrogens is 5. The van der Waals surface area contributed by atoms with Crippen LogP contribution in [-0.4, -0.2) is 36.2 Å². The Hall–Kier alpha value is -5.05. The SMILES string of the molecule is O=C(CC1CCCCC1)Nc1cncc(-c2ccc3[nH]nc(-c4cc5c(-c6cc(O)cc(F)c6)cncc5[nH]4)c3c2)c1. The Morgan fingerprint density at radius 1 is 0.881 bits per heavy atom. The summed E-state index contributed by atoms with van der Waals surface area (Å²) in [5.74, 6) is -0.166. The first-order valence-corrected chi connectivity index (χ1v) is 14.2. The molecule has 6 aromatic rings. The predicted octanol–water partition coefficient (Wildman–Crippen LogP) is 7.59. The molecule has 4 heterocycles. The van der Waals surface area contributed by atoms with Crippen molar-refractivity contribution in [3.8, 4) is 39.4 Å². The Bertz CT molecular complexity index is 1920. The van der Waals surface area contributed by atoms with Crippen molar-refractivity contribution in [3.05, 3.63) is 79.1 Å². The minimum atomic E-state index is -0.522. The van der Waals surface area contributed by atoms with Gasteiger partial charge in [0.15, 0.2) is 0 Å². The first-order chi connectivity index (χ1) is 20.5. The fourth-order valence-corrected chi connectivity index (χ4v) is 6.07. The number of rotatable bonds is 6. The molecule has 0 saturated heterocycles. The maximum atomic E-state index is 14.0. The lowest BCUT2D eigenvalue weighted by molar-refractivity contribution is -0.117. The largest absolute Gasteiger partial charge is 0.508 e. The molecule has 1 amide bonds. The summed E-state index contributed by atoms with van der Waals surface area (Å²) < 4.78 is 14.0. The molecule has 1 aliphatic carbocycles. The van der Waals surface area contributed by atoms with E-state index in [0.717, 1.165) is 63.2 Å². The van der Waals surface area contributed by atoms with Gasteiger partial charge in [-0.2, -0.15) is 5.10 Å². The molecule has 0 bridgehead atoms. The summed E-state index contributed by atoms with van der Waals surface area (Å²) in [6, 6.07) is 13.9. The van der Waals surface area contributed by atoms with Gasteiger partial charge in [0.2, 0.25) is 5.91 Å². The highest BCUT2D eigenvalue weighted by Gasteiger charge is 2.18. The molecular formula is C33H29FN6O2. The molecule has 210 valence electrons. The van der Waals surface area contributed by atoms with Crippen LogP contribution in [0.1, 0.15) is 38.5 Å². The number of nitrogens with zero attached hydrogens (tertiary/aromatic N) is 3. The van der Waals surface area contributed by atoms with E-state index >= 15 is 0 Å². The number of hydrogen-bond donors (Lipinski definition) is 4. The second kappa shape index (κ2) is 10.7. The Morgan fingerprint density at radius 2 is 1.74 bits per heavy atom. The van der Waals surface area contributed by atoms with Crippen LogP contribution in [-0.2, 0) is 4.79 Å². The lowest BCUT2D eigenvalue weighted by Gasteiger charge is -2.20. The number of pyridine rings is 2. The Morgan fingerprint density at radius 3 is 2.60 bits per heavy atom. The number of aromatic hydroxyl groups is 1. The van der Waals surface area contributed by atoms with Crippen molar-refractivity contribution >= 4 is 33.4 Å². The number of phenols is 1. The summed E-state index contributed by atoms with van der Waals surface area (Å²) in [5, 5.41) is 22.4. The second-order valence-corrected chi connectivity index (χ2v) is 11.1. The lowest BCUT2D eigenvalue weighted by atomic mass is 9.87. The van der Waals surface area contributed by atoms with Crippen LogP contribution in [0, 0.1) is 11.7 Å². The molecule has 7 rings (SSSR count). The molecule has 9 heteroatoms. The number of aromatic amines is 2. The van der Waals surface area contributed by atoms with Crippen LogP contribution in [0.3, 0.4) is 0 Å². The summed E-state index contributed by atoms with van der Waals surface area (Å²) in [7, 11) is 0. The van der Waals surface area contributed by atoms with Gasteiger partial charge in [0.05, 0.1) is 34.8 Å². The van der Waals surface area contributed by atoms with Crippen molar-refractivity contribution in [2.75, 3.05) is 5.32 Å². The highest BCUT2D eigenvalue weighted by atomic mass is 19.1. The third-order valence-electron chi connectivity index (χ3n) is 8.11. The molecule has 2 aromatic carbocycles. The van der Waals surface area contributed by atoms with E-state index in [-0.39, 0.29) is 11.7 Å². The van der Waals surface area contributed by atoms with E-state index < -0.39 is 5.82 Å². The molecule has 0 atom stereocenters. The van der Waals surface area contributed by atoms with Gasteiger partial charge in [0.25, 0.3) is 0 Å². The highest BCUT2D eigenvalue weighted by Crippen LogP contribution is 2.36. The van der Waals surface area contributed by atoms with Crippen LogP contribution in [0.25, 0.3) is 55.4 Å². The quantitative estimate of drug-likeness (QED) is 0.167. The Kier molecular flexibility index (Phi) is 6.62. The molecule has 42 heavy (non-hydrogen) atoms. The zero-order valence-corrected chi connectivity index (χ0v) is 22.8. The van der Waals surface area contributed by atoms with Crippen molar-refractivity contribution in [1.29, 1.82) is 0 Å². The zero-order valence-electron chi connectivity index (χ0n) is 22.8. The van der Waals surface area contributed by atoms with Gasteiger partial charge in [-0.05, 0) is 66.3 Å². The minimum Gasteiger partial charge on any atom is -0.508 e. The summed E-state index contributed by atoms with van der Waals surface area (Å²) in [6.45, 7) is 0. The van der Waals surface area contributed by atoms with E-state index in [9.17, 15) is 14.3 Å². The smallest absolute Gasteiger partial charge is 0.224 e. The van der Waals surface area contributed by atoms with Crippen molar-refractivity contribution in [2.24, 2.45) is 5.92 Å². The predicted molar refractivity (Wildman–Crippen MR) is 161 cm³/mol. The van der Waals surface area contributed by atoms with Gasteiger partial charge in [-0.15, -0.1) is 0 Å². The second-order valence-electron chi connectivity index (χ2n) is 11.1. The monoisotopic (exact) mass is 560 g/mol. The number of H-pyrrole nitrogens is 2. The fourth-order valence-electron chi connectivity index (χ4n) is 6.07. The molecule has 1 fully saturated rings. The molecule has 4 aromatic heterocycles. The zero-order chi connectivity index (χ0) is 28.6. The normalized spacial score (nSPS) is 14.0. The maximum Gasteiger partial charge on any atom is 0.224 e. The maximum absolute atomic E-state index is 14.0. The molecule has 0 spiro atoms. The fraction of sp³-hybridized carbons (Fsp3) is 0.212. The van der Waals surface area contributed by atoms with Crippen LogP contribution < -0.4 is 5.32 Å². The van der Waals surface area contributed by atoms with E-state index in [4.69, 9.17) is 0 Å². The minimum absolute atomic E-state index is 0.0366. The number of carbonyl (C=O) groups excluding carboxylic acids is 1. The van der Waals surface area contributed by atoms with Crippen LogP contribution in [0.5, 0.6) is 5.75 Å². The molecule has 0 aliphatic heterocycles. The Labute approximate surface area is 241 Å². The van der Waals surface area contributed by atoms with E-state index in [0.29, 0.717) is 29.2 Å². The third kappa shape index (κ3) is 5.09. The van der Waals surface area contributed by atoms with Crippen molar-refractivity contribution in [1.82, 2.24) is 25.1 Å². The highest BCUT2D eigenvalue weighted by molar-refractivity contribution is 6.01. The van der Waals surface area contributed by atoms with E-state index in [1.165, 1.54) is 31.4 Å². The number of carbonyl (C=O) groups is 1. The molecule has 1 saturated carbocycles. The molecule has 4 N–H and O–H groups in total. The standard InChI is InChI=1S/C33H29FN6O2/c34-23-9-21(11-25(41)13-23)28-17-36-18-31-26(28)14-30(38-31)33-27-12-20(6-7-29(27)39-40-33)22-10-24(16-35-15-22)37-32(42)8-19-4-2-1-3-5-19/h6-7,9-19,38,41H,1-5,8H2,(H,37,42)(H,39,40). The van der Waals surface area contributed by atoms with Crippen LogP contribution >= 0.6 is 0 Å². The van der Waals surface area contributed by atoms with E-state index in [2.05, 4.69) is 30.5 Å². The van der Waals surface area contributed by atoms with Gasteiger partial charge in [0, 0.05) is 46.8 Å². The van der Waals surface area contributed by atoms with Crippen LogP contribution in [0.15, 0.2) is 73.3 Å². The number of anilines is 1. The summed E-state index contributed by atoms with van der Waals surface area (Å²) in [4.78, 5) is 24.8. The van der Waals surface area contributed by atoms with Gasteiger partial charge in [-0.25, -0.2) is 4.39 Å². The van der Waals surface area contributed by atoms with Crippen LogP contribution in [0.2, 0.25) is 0 Å². The van der Waals surface area contributed by atoms with Crippen molar-refractivity contribution in [2.45, 2.75) is 38.5 Å². The lowest BCUT2D eigenvalue weighted by Crippen LogP contribution is -2.18. The van der Waals surface area contributed by atoms with E-state index in [1.54, 1.807) is 24.8 Å². The van der Waals surface area contributed by atoms with Gasteiger partial charge >= 0.3 is 0 Å². The third-order valence-corrected chi connectivity index (χ3v) is 8.11. The van der Waals surface area contributed by atoms with Crippen LogP contribution in [0.4, 0.5) is 10.1 Å². The first kappa shape index (κ1) is 25.9. The summed E-state index contributed by atoms with van der Waals surface area (Å²) in [6.07, 6.45) is 13.3. The Balaban J connectivity index is 1.20.